The van der Waals surface area contributed by atoms with E-state index in [4.69, 9.17) is 0 Å². The van der Waals surface area contributed by atoms with Crippen molar-refractivity contribution in [2.45, 2.75) is 38.0 Å². The van der Waals surface area contributed by atoms with Crippen molar-refractivity contribution in [2.75, 3.05) is 0 Å². The van der Waals surface area contributed by atoms with Gasteiger partial charge in [-0.25, -0.2) is 0 Å². The summed E-state index contributed by atoms with van der Waals surface area (Å²) in [4.78, 5) is 7.87. The van der Waals surface area contributed by atoms with Crippen LogP contribution in [0.5, 0.6) is 0 Å². The minimum atomic E-state index is 0.719. The maximum absolute atomic E-state index is 4.54. The predicted octanol–water partition coefficient (Wildman–Crippen LogP) is 4.37. The monoisotopic (exact) mass is 278 g/mol. The van der Waals surface area contributed by atoms with Gasteiger partial charge in [-0.1, -0.05) is 19.3 Å². The van der Waals surface area contributed by atoms with Crippen LogP contribution in [0.4, 0.5) is 0 Å². The first-order valence-electron chi connectivity index (χ1n) is 5.97. The molecule has 0 amide bonds. The Balaban J connectivity index is 2.03. The third-order valence-corrected chi connectivity index (χ3v) is 3.99. The molecule has 0 aromatic carbocycles. The zero-order chi connectivity index (χ0) is 11.0. The van der Waals surface area contributed by atoms with Crippen molar-refractivity contribution >= 4 is 27.0 Å². The molecule has 1 N–H and O–H groups in total. The molecule has 2 aromatic heterocycles. The molecule has 0 saturated heterocycles. The molecule has 0 unspecified atom stereocenters. The lowest BCUT2D eigenvalue weighted by molar-refractivity contribution is 0.445. The van der Waals surface area contributed by atoms with Crippen molar-refractivity contribution < 1.29 is 0 Å². The molecule has 84 valence electrons. The molecule has 0 bridgehead atoms. The van der Waals surface area contributed by atoms with Gasteiger partial charge in [0.1, 0.15) is 0 Å². The largest absolute Gasteiger partial charge is 0.360 e. The number of aromatic amines is 1. The van der Waals surface area contributed by atoms with E-state index in [2.05, 4.69) is 38.2 Å². The van der Waals surface area contributed by atoms with Gasteiger partial charge in [0.25, 0.3) is 0 Å². The minimum absolute atomic E-state index is 0.719. The van der Waals surface area contributed by atoms with Crippen molar-refractivity contribution in [3.05, 3.63) is 28.5 Å². The molecule has 0 aliphatic heterocycles. The van der Waals surface area contributed by atoms with Gasteiger partial charge in [0, 0.05) is 16.9 Å². The van der Waals surface area contributed by atoms with E-state index in [1.54, 1.807) is 0 Å². The van der Waals surface area contributed by atoms with Gasteiger partial charge < -0.3 is 4.98 Å². The fraction of sp³-hybridized carbons (Fsp3) is 0.462. The Kier molecular flexibility index (Phi) is 2.72. The average molecular weight is 279 g/mol. The quantitative estimate of drug-likeness (QED) is 0.824. The highest BCUT2D eigenvalue weighted by molar-refractivity contribution is 9.10. The Bertz CT molecular complexity index is 498. The summed E-state index contributed by atoms with van der Waals surface area (Å²) in [5.74, 6) is 0.719. The number of rotatable bonds is 1. The molecule has 16 heavy (non-hydrogen) atoms. The Morgan fingerprint density at radius 3 is 2.88 bits per heavy atom. The lowest BCUT2D eigenvalue weighted by Crippen LogP contribution is -2.03. The molecular weight excluding hydrogens is 264 g/mol. The Morgan fingerprint density at radius 2 is 2.06 bits per heavy atom. The van der Waals surface area contributed by atoms with E-state index >= 15 is 0 Å². The molecule has 2 aromatic rings. The topological polar surface area (TPSA) is 28.7 Å². The summed E-state index contributed by atoms with van der Waals surface area (Å²) >= 11 is 3.46. The molecule has 2 heterocycles. The molecular formula is C13H15BrN2. The minimum Gasteiger partial charge on any atom is -0.360 e. The number of nitrogens with zero attached hydrogens (tertiary/aromatic N) is 1. The third-order valence-electron chi connectivity index (χ3n) is 3.56. The van der Waals surface area contributed by atoms with E-state index < -0.39 is 0 Å². The number of halogens is 1. The van der Waals surface area contributed by atoms with Crippen LogP contribution in [0.25, 0.3) is 11.0 Å². The zero-order valence-corrected chi connectivity index (χ0v) is 10.8. The van der Waals surface area contributed by atoms with Crippen molar-refractivity contribution in [2.24, 2.45) is 0 Å². The van der Waals surface area contributed by atoms with Crippen molar-refractivity contribution in [1.29, 1.82) is 0 Å². The molecule has 1 aliphatic rings. The van der Waals surface area contributed by atoms with Gasteiger partial charge >= 0.3 is 0 Å². The van der Waals surface area contributed by atoms with Crippen LogP contribution < -0.4 is 0 Å². The number of pyridine rings is 1. The van der Waals surface area contributed by atoms with E-state index in [1.807, 2.05) is 6.20 Å². The molecule has 1 aliphatic carbocycles. The number of hydrogen-bond donors (Lipinski definition) is 1. The number of nitrogens with one attached hydrogen (secondary N) is 1. The van der Waals surface area contributed by atoms with Crippen LogP contribution in [0, 0.1) is 0 Å². The lowest BCUT2D eigenvalue weighted by atomic mass is 9.85. The fourth-order valence-electron chi connectivity index (χ4n) is 2.73. The van der Waals surface area contributed by atoms with Gasteiger partial charge in [-0.3, -0.25) is 4.98 Å². The maximum atomic E-state index is 4.54. The molecule has 1 fully saturated rings. The average Bonchev–Trinajstić information content (AvgIpc) is 2.73. The van der Waals surface area contributed by atoms with Gasteiger partial charge in [0.2, 0.25) is 0 Å². The van der Waals surface area contributed by atoms with Gasteiger partial charge in [0.15, 0.2) is 0 Å². The second-order valence-corrected chi connectivity index (χ2v) is 5.54. The molecule has 0 atom stereocenters. The number of aromatic nitrogens is 2. The Hall–Kier alpha value is -0.830. The summed E-state index contributed by atoms with van der Waals surface area (Å²) in [7, 11) is 0. The van der Waals surface area contributed by atoms with Gasteiger partial charge in [-0.05, 0) is 46.3 Å². The summed E-state index contributed by atoms with van der Waals surface area (Å²) in [5.41, 5.74) is 3.73. The molecule has 0 spiro atoms. The van der Waals surface area contributed by atoms with Crippen LogP contribution in [0.2, 0.25) is 0 Å². The smallest absolute Gasteiger partial charge is 0.0914 e. The normalized spacial score (nSPS) is 18.1. The number of hydrogen-bond acceptors (Lipinski definition) is 1. The van der Waals surface area contributed by atoms with E-state index in [9.17, 15) is 0 Å². The third kappa shape index (κ3) is 1.77. The first-order valence-corrected chi connectivity index (χ1v) is 6.76. The van der Waals surface area contributed by atoms with Crippen LogP contribution in [0.1, 0.15) is 43.6 Å². The first-order chi connectivity index (χ1) is 7.84. The summed E-state index contributed by atoms with van der Waals surface area (Å²) in [6.45, 7) is 0. The first kappa shape index (κ1) is 10.3. The SMILES string of the molecule is Brc1cnc2c(C3CCCCC3)c[nH]c2c1. The Morgan fingerprint density at radius 1 is 1.25 bits per heavy atom. The predicted molar refractivity (Wildman–Crippen MR) is 69.6 cm³/mol. The highest BCUT2D eigenvalue weighted by atomic mass is 79.9. The van der Waals surface area contributed by atoms with Crippen LogP contribution in [0.15, 0.2) is 22.9 Å². The van der Waals surface area contributed by atoms with E-state index in [1.165, 1.54) is 37.7 Å². The molecule has 2 nitrogen and oxygen atoms in total. The van der Waals surface area contributed by atoms with Crippen LogP contribution >= 0.6 is 15.9 Å². The van der Waals surface area contributed by atoms with E-state index in [-0.39, 0.29) is 0 Å². The van der Waals surface area contributed by atoms with Crippen molar-refractivity contribution in [1.82, 2.24) is 9.97 Å². The summed E-state index contributed by atoms with van der Waals surface area (Å²) in [6, 6.07) is 2.11. The van der Waals surface area contributed by atoms with Gasteiger partial charge in [0.05, 0.1) is 11.0 Å². The van der Waals surface area contributed by atoms with Crippen molar-refractivity contribution in [3.63, 3.8) is 0 Å². The fourth-order valence-corrected chi connectivity index (χ4v) is 3.06. The zero-order valence-electron chi connectivity index (χ0n) is 9.17. The van der Waals surface area contributed by atoms with Gasteiger partial charge in [-0.15, -0.1) is 0 Å². The molecule has 3 rings (SSSR count). The van der Waals surface area contributed by atoms with Gasteiger partial charge in [-0.2, -0.15) is 0 Å². The second-order valence-electron chi connectivity index (χ2n) is 4.63. The standard InChI is InChI=1S/C13H15BrN2/c14-10-6-12-13(16-7-10)11(8-15-12)9-4-2-1-3-5-9/h6-9,15H,1-5H2. The Labute approximate surface area is 104 Å². The van der Waals surface area contributed by atoms with Crippen LogP contribution in [0.3, 0.4) is 0 Å². The molecule has 3 heteroatoms. The number of H-pyrrole nitrogens is 1. The lowest BCUT2D eigenvalue weighted by Gasteiger charge is -2.20. The summed E-state index contributed by atoms with van der Waals surface area (Å²) in [6.07, 6.45) is 10.8. The van der Waals surface area contributed by atoms with E-state index in [0.717, 1.165) is 21.4 Å². The molecule has 1 saturated carbocycles. The highest BCUT2D eigenvalue weighted by Crippen LogP contribution is 2.35. The second kappa shape index (κ2) is 4.21. The van der Waals surface area contributed by atoms with Crippen molar-refractivity contribution in [3.8, 4) is 0 Å². The van der Waals surface area contributed by atoms with E-state index in [0.29, 0.717) is 0 Å². The van der Waals surface area contributed by atoms with Crippen LogP contribution in [-0.2, 0) is 0 Å². The van der Waals surface area contributed by atoms with Crippen LogP contribution in [-0.4, -0.2) is 9.97 Å². The number of fused-ring (bicyclic) bond motifs is 1. The highest BCUT2D eigenvalue weighted by Gasteiger charge is 2.19. The molecule has 0 radical (unpaired) electrons. The summed E-state index contributed by atoms with van der Waals surface area (Å²) < 4.78 is 1.04. The maximum Gasteiger partial charge on any atom is 0.0914 e. The summed E-state index contributed by atoms with van der Waals surface area (Å²) in [5, 5.41) is 0.